The largest absolute Gasteiger partial charge is 0.484 e. The van der Waals surface area contributed by atoms with Gasteiger partial charge in [0.1, 0.15) is 17.7 Å². The van der Waals surface area contributed by atoms with Crippen molar-refractivity contribution < 1.29 is 9.53 Å². The van der Waals surface area contributed by atoms with Crippen molar-refractivity contribution in [1.29, 1.82) is 5.41 Å². The number of hydrogen-bond donors (Lipinski definition) is 4. The van der Waals surface area contributed by atoms with E-state index in [-0.39, 0.29) is 23.6 Å². The molecule has 1 aliphatic carbocycles. The van der Waals surface area contributed by atoms with Crippen LogP contribution in [0.4, 0.5) is 16.4 Å². The SMILES string of the molecule is Cc1ccc(N/C(=C\C(=N)C(C)(C)C)NC(=O)N[C@H]2CC[C@@H](Oc3ccc4nnc(N5CCCC[C@H]5C)n4c3)c3ccccc32)cc1. The van der Waals surface area contributed by atoms with E-state index < -0.39 is 0 Å². The van der Waals surface area contributed by atoms with Gasteiger partial charge in [0.05, 0.1) is 12.2 Å². The number of carbonyl (C=O) groups is 1. The van der Waals surface area contributed by atoms with Crippen LogP contribution in [0.2, 0.25) is 0 Å². The normalized spacial score (nSPS) is 20.0. The Labute approximate surface area is 277 Å². The molecule has 0 spiro atoms. The lowest BCUT2D eigenvalue weighted by Gasteiger charge is -2.33. The van der Waals surface area contributed by atoms with Crippen LogP contribution < -0.4 is 25.6 Å². The third kappa shape index (κ3) is 7.42. The first-order valence-corrected chi connectivity index (χ1v) is 16.6. The average Bonchev–Trinajstić information content (AvgIpc) is 3.46. The number of nitrogens with zero attached hydrogens (tertiary/aromatic N) is 4. The Morgan fingerprint density at radius 1 is 0.979 bits per heavy atom. The summed E-state index contributed by atoms with van der Waals surface area (Å²) in [6.45, 7) is 11.2. The van der Waals surface area contributed by atoms with Crippen molar-refractivity contribution in [3.8, 4) is 5.75 Å². The van der Waals surface area contributed by atoms with E-state index in [1.807, 2.05) is 86.8 Å². The first kappa shape index (κ1) is 32.1. The monoisotopic (exact) mass is 634 g/mol. The Morgan fingerprint density at radius 2 is 1.74 bits per heavy atom. The minimum atomic E-state index is -0.373. The maximum atomic E-state index is 13.4. The Bertz CT molecular complexity index is 1770. The van der Waals surface area contributed by atoms with Crippen LogP contribution in [0.5, 0.6) is 5.75 Å². The number of hydrogen-bond acceptors (Lipinski definition) is 7. The first-order chi connectivity index (χ1) is 22.5. The molecule has 2 aromatic carbocycles. The molecule has 0 saturated carbocycles. The van der Waals surface area contributed by atoms with Gasteiger partial charge in [-0.15, -0.1) is 10.2 Å². The first-order valence-electron chi connectivity index (χ1n) is 16.6. The zero-order chi connectivity index (χ0) is 33.1. The number of anilines is 2. The number of fused-ring (bicyclic) bond motifs is 2. The van der Waals surface area contributed by atoms with E-state index in [1.165, 1.54) is 6.42 Å². The molecular formula is C37H46N8O2. The number of aromatic nitrogens is 3. The van der Waals surface area contributed by atoms with E-state index in [4.69, 9.17) is 10.1 Å². The topological polar surface area (TPSA) is 120 Å². The van der Waals surface area contributed by atoms with Crippen molar-refractivity contribution in [3.63, 3.8) is 0 Å². The van der Waals surface area contributed by atoms with Gasteiger partial charge in [0.2, 0.25) is 5.95 Å². The molecule has 0 radical (unpaired) electrons. The Hall–Kier alpha value is -4.86. The predicted molar refractivity (Wildman–Crippen MR) is 187 cm³/mol. The van der Waals surface area contributed by atoms with Crippen LogP contribution >= 0.6 is 0 Å². The minimum Gasteiger partial charge on any atom is -0.484 e. The average molecular weight is 635 g/mol. The lowest BCUT2D eigenvalue weighted by molar-refractivity contribution is 0.171. The van der Waals surface area contributed by atoms with Crippen molar-refractivity contribution in [2.75, 3.05) is 16.8 Å². The number of aryl methyl sites for hydroxylation is 1. The number of ether oxygens (including phenoxy) is 1. The summed E-state index contributed by atoms with van der Waals surface area (Å²) >= 11 is 0. The molecule has 10 nitrogen and oxygen atoms in total. The summed E-state index contributed by atoms with van der Waals surface area (Å²) in [5, 5.41) is 26.9. The minimum absolute atomic E-state index is 0.162. The standard InChI is InChI=1S/C37H46N8O2/c1-24-13-15-26(16-14-24)39-33(22-32(38)37(3,4)5)41-35(46)40-30-18-19-31(29-12-7-6-11-28(29)30)47-27-17-20-34-42-43-36(45(34)23-27)44-21-9-8-10-25(44)2/h6-7,11-17,20,22-23,25,30-31,38-39H,8-10,18-19,21H2,1-5H3,(H2,40,41,46)/b33-22+,38-32?/t25-,30+,31-/m1/s1. The second-order valence-electron chi connectivity index (χ2n) is 13.8. The van der Waals surface area contributed by atoms with Crippen LogP contribution in [0, 0.1) is 17.7 Å². The zero-order valence-corrected chi connectivity index (χ0v) is 28.0. The molecule has 10 heteroatoms. The number of rotatable bonds is 8. The number of carbonyl (C=O) groups excluding carboxylic acids is 1. The van der Waals surface area contributed by atoms with Crippen molar-refractivity contribution in [3.05, 3.63) is 95.4 Å². The molecule has 246 valence electrons. The Balaban J connectivity index is 1.17. The van der Waals surface area contributed by atoms with Gasteiger partial charge >= 0.3 is 6.03 Å². The van der Waals surface area contributed by atoms with Gasteiger partial charge in [-0.2, -0.15) is 0 Å². The van der Waals surface area contributed by atoms with Crippen LogP contribution in [0.25, 0.3) is 5.65 Å². The molecule has 1 saturated heterocycles. The molecular weight excluding hydrogens is 588 g/mol. The van der Waals surface area contributed by atoms with E-state index in [2.05, 4.69) is 50.1 Å². The van der Waals surface area contributed by atoms with Crippen LogP contribution in [0.3, 0.4) is 0 Å². The van der Waals surface area contributed by atoms with Crippen molar-refractivity contribution >= 4 is 29.0 Å². The maximum absolute atomic E-state index is 13.4. The van der Waals surface area contributed by atoms with Crippen LogP contribution in [-0.2, 0) is 0 Å². The van der Waals surface area contributed by atoms with Gasteiger partial charge in [0.15, 0.2) is 5.65 Å². The van der Waals surface area contributed by atoms with E-state index in [0.29, 0.717) is 24.0 Å². The lowest BCUT2D eigenvalue weighted by atomic mass is 9.85. The zero-order valence-electron chi connectivity index (χ0n) is 28.0. The fourth-order valence-corrected chi connectivity index (χ4v) is 6.28. The number of pyridine rings is 1. The Kier molecular flexibility index (Phi) is 9.20. The summed E-state index contributed by atoms with van der Waals surface area (Å²) in [5.41, 5.74) is 4.89. The third-order valence-electron chi connectivity index (χ3n) is 9.11. The van der Waals surface area contributed by atoms with Crippen molar-refractivity contribution in [2.45, 2.75) is 84.9 Å². The maximum Gasteiger partial charge on any atom is 0.320 e. The summed E-state index contributed by atoms with van der Waals surface area (Å²) in [7, 11) is 0. The molecule has 3 atom stereocenters. The number of urea groups is 1. The lowest BCUT2D eigenvalue weighted by Crippen LogP contribution is -2.41. The third-order valence-corrected chi connectivity index (χ3v) is 9.11. The van der Waals surface area contributed by atoms with Gasteiger partial charge in [-0.25, -0.2) is 4.79 Å². The molecule has 4 aromatic rings. The fourth-order valence-electron chi connectivity index (χ4n) is 6.28. The number of piperidine rings is 1. The molecule has 1 aliphatic heterocycles. The van der Waals surface area contributed by atoms with Gasteiger partial charge in [-0.1, -0.05) is 62.7 Å². The second kappa shape index (κ2) is 13.5. The summed E-state index contributed by atoms with van der Waals surface area (Å²) in [4.78, 5) is 15.8. The van der Waals surface area contributed by atoms with E-state index in [9.17, 15) is 4.79 Å². The second-order valence-corrected chi connectivity index (χ2v) is 13.8. The van der Waals surface area contributed by atoms with Crippen LogP contribution in [-0.4, -0.2) is 38.9 Å². The van der Waals surface area contributed by atoms with E-state index >= 15 is 0 Å². The van der Waals surface area contributed by atoms with Gasteiger partial charge in [0.25, 0.3) is 0 Å². The van der Waals surface area contributed by atoms with Crippen LogP contribution in [0.15, 0.2) is 78.8 Å². The van der Waals surface area contributed by atoms with Gasteiger partial charge < -0.3 is 25.7 Å². The molecule has 2 aromatic heterocycles. The summed E-state index contributed by atoms with van der Waals surface area (Å²) in [6, 6.07) is 19.9. The van der Waals surface area contributed by atoms with Gasteiger partial charge in [-0.3, -0.25) is 9.72 Å². The molecule has 2 aliphatic rings. The highest BCUT2D eigenvalue weighted by Gasteiger charge is 2.30. The highest BCUT2D eigenvalue weighted by molar-refractivity contribution is 5.97. The highest BCUT2D eigenvalue weighted by Crippen LogP contribution is 2.39. The molecule has 2 amide bonds. The van der Waals surface area contributed by atoms with Crippen molar-refractivity contribution in [2.24, 2.45) is 5.41 Å². The molecule has 4 N–H and O–H groups in total. The Morgan fingerprint density at radius 3 is 2.49 bits per heavy atom. The fraction of sp³-hybridized carbons (Fsp3) is 0.405. The van der Waals surface area contributed by atoms with E-state index in [1.54, 1.807) is 6.08 Å². The molecule has 0 unspecified atom stereocenters. The number of amides is 2. The number of nitrogens with one attached hydrogen (secondary N) is 4. The summed E-state index contributed by atoms with van der Waals surface area (Å²) in [6.07, 6.45) is 8.51. The van der Waals surface area contributed by atoms with Crippen LogP contribution in [0.1, 0.15) is 88.6 Å². The smallest absolute Gasteiger partial charge is 0.320 e. The highest BCUT2D eigenvalue weighted by atomic mass is 16.5. The van der Waals surface area contributed by atoms with Gasteiger partial charge in [0, 0.05) is 35.5 Å². The molecule has 47 heavy (non-hydrogen) atoms. The molecule has 6 rings (SSSR count). The quantitative estimate of drug-likeness (QED) is 0.148. The molecule has 0 bridgehead atoms. The summed E-state index contributed by atoms with van der Waals surface area (Å²) < 4.78 is 8.67. The predicted octanol–water partition coefficient (Wildman–Crippen LogP) is 7.69. The van der Waals surface area contributed by atoms with Crippen molar-refractivity contribution in [1.82, 2.24) is 25.2 Å². The molecule has 3 heterocycles. The number of benzene rings is 2. The molecule has 1 fully saturated rings. The number of allylic oxidation sites excluding steroid dienone is 1. The van der Waals surface area contributed by atoms with Gasteiger partial charge in [-0.05, 0) is 81.3 Å². The van der Waals surface area contributed by atoms with E-state index in [0.717, 1.165) is 65.5 Å². The summed E-state index contributed by atoms with van der Waals surface area (Å²) in [5.74, 6) is 2.06.